The zero-order valence-electron chi connectivity index (χ0n) is 16.8. The van der Waals surface area contributed by atoms with Crippen LogP contribution in [0.5, 0.6) is 0 Å². The van der Waals surface area contributed by atoms with Crippen LogP contribution in [0.4, 0.5) is 4.79 Å². The molecule has 4 heterocycles. The molecule has 1 spiro atoms. The lowest BCUT2D eigenvalue weighted by atomic mass is 9.89. The van der Waals surface area contributed by atoms with Crippen LogP contribution >= 0.6 is 11.3 Å². The molecule has 3 aliphatic rings. The smallest absolute Gasteiger partial charge is 0.320 e. The molecule has 1 aromatic carbocycles. The van der Waals surface area contributed by atoms with Gasteiger partial charge in [-0.15, -0.1) is 11.3 Å². The topological polar surface area (TPSA) is 83.1 Å². The maximum absolute atomic E-state index is 13.5. The number of urea groups is 1. The number of ether oxygens (including phenoxy) is 1. The second-order valence-electron chi connectivity index (χ2n) is 7.95. The fraction of sp³-hybridized carbons (Fsp3) is 0.500. The first-order valence-corrected chi connectivity index (χ1v) is 12.4. The standard InChI is InChI=1S/C20H24N4O4S2/c1-15-21-16(13-29-15)12-24-20(17-4-2-3-5-18(17)30(24,26)27)6-7-23(14-20)19(25)22-8-10-28-11-9-22/h2-5,13H,6-12,14H2,1H3/t20-/m0/s1. The molecule has 30 heavy (non-hydrogen) atoms. The average molecular weight is 449 g/mol. The summed E-state index contributed by atoms with van der Waals surface area (Å²) in [6.45, 7) is 5.21. The number of nitrogens with zero attached hydrogens (tertiary/aromatic N) is 4. The second-order valence-corrected chi connectivity index (χ2v) is 10.8. The Kier molecular flexibility index (Phi) is 4.85. The molecule has 2 aromatic rings. The third-order valence-electron chi connectivity index (χ3n) is 6.21. The lowest BCUT2D eigenvalue weighted by Gasteiger charge is -2.35. The fourth-order valence-corrected chi connectivity index (χ4v) is 7.40. The molecule has 0 unspecified atom stereocenters. The molecule has 0 N–H and O–H groups in total. The fourth-order valence-electron chi connectivity index (χ4n) is 4.76. The van der Waals surface area contributed by atoms with Gasteiger partial charge in [-0.25, -0.2) is 18.2 Å². The first-order chi connectivity index (χ1) is 14.4. The van der Waals surface area contributed by atoms with E-state index in [4.69, 9.17) is 4.74 Å². The molecule has 0 saturated carbocycles. The van der Waals surface area contributed by atoms with Crippen LogP contribution in [0.25, 0.3) is 0 Å². The molecule has 0 aliphatic carbocycles. The van der Waals surface area contributed by atoms with Gasteiger partial charge in [0.2, 0.25) is 10.0 Å². The van der Waals surface area contributed by atoms with E-state index in [0.717, 1.165) is 16.3 Å². The van der Waals surface area contributed by atoms with Crippen LogP contribution in [0.3, 0.4) is 0 Å². The third-order valence-corrected chi connectivity index (χ3v) is 9.00. The Bertz CT molecular complexity index is 1080. The predicted octanol–water partition coefficient (Wildman–Crippen LogP) is 2.01. The van der Waals surface area contributed by atoms with Crippen LogP contribution in [-0.2, 0) is 26.8 Å². The number of hydrogen-bond donors (Lipinski definition) is 0. The van der Waals surface area contributed by atoms with Gasteiger partial charge in [0.05, 0.1) is 40.9 Å². The second kappa shape index (κ2) is 7.30. The molecule has 2 fully saturated rings. The van der Waals surface area contributed by atoms with Gasteiger partial charge < -0.3 is 14.5 Å². The number of benzene rings is 1. The minimum atomic E-state index is -3.67. The number of fused-ring (bicyclic) bond motifs is 2. The molecular weight excluding hydrogens is 424 g/mol. The van der Waals surface area contributed by atoms with E-state index in [0.29, 0.717) is 50.7 Å². The third kappa shape index (κ3) is 3.05. The maximum Gasteiger partial charge on any atom is 0.320 e. The molecule has 0 bridgehead atoms. The van der Waals surface area contributed by atoms with Gasteiger partial charge in [0.15, 0.2) is 0 Å². The van der Waals surface area contributed by atoms with Crippen molar-refractivity contribution in [2.24, 2.45) is 0 Å². The zero-order valence-corrected chi connectivity index (χ0v) is 18.4. The van der Waals surface area contributed by atoms with Gasteiger partial charge in [0.25, 0.3) is 0 Å². The van der Waals surface area contributed by atoms with Crippen LogP contribution in [0.2, 0.25) is 0 Å². The van der Waals surface area contributed by atoms with Gasteiger partial charge in [-0.1, -0.05) is 18.2 Å². The highest BCUT2D eigenvalue weighted by Gasteiger charge is 2.57. The predicted molar refractivity (Wildman–Crippen MR) is 112 cm³/mol. The Hall–Kier alpha value is -2.01. The monoisotopic (exact) mass is 448 g/mol. The number of aromatic nitrogens is 1. The normalized spacial score (nSPS) is 25.8. The molecule has 2 amide bonds. The molecule has 5 rings (SSSR count). The first kappa shape index (κ1) is 19.9. The van der Waals surface area contributed by atoms with Gasteiger partial charge in [0.1, 0.15) is 0 Å². The van der Waals surface area contributed by atoms with Crippen molar-refractivity contribution in [2.75, 3.05) is 39.4 Å². The highest BCUT2D eigenvalue weighted by molar-refractivity contribution is 7.89. The van der Waals surface area contributed by atoms with Crippen LogP contribution in [0.15, 0.2) is 34.5 Å². The van der Waals surface area contributed by atoms with E-state index in [2.05, 4.69) is 4.98 Å². The Balaban J connectivity index is 1.51. The van der Waals surface area contributed by atoms with Crippen LogP contribution in [-0.4, -0.2) is 72.9 Å². The van der Waals surface area contributed by atoms with E-state index >= 15 is 0 Å². The van der Waals surface area contributed by atoms with Gasteiger partial charge in [-0.3, -0.25) is 0 Å². The highest BCUT2D eigenvalue weighted by Crippen LogP contribution is 2.50. The molecule has 3 aliphatic heterocycles. The SMILES string of the molecule is Cc1nc(CN2[C@]3(CCN(C(=O)N4CCOCC4)C3)c3ccccc3S2(=O)=O)cs1. The van der Waals surface area contributed by atoms with Crippen molar-refractivity contribution in [3.63, 3.8) is 0 Å². The molecule has 1 atom stereocenters. The van der Waals surface area contributed by atoms with E-state index in [1.807, 2.05) is 24.4 Å². The summed E-state index contributed by atoms with van der Waals surface area (Å²) in [6, 6.07) is 7.15. The van der Waals surface area contributed by atoms with Crippen LogP contribution in [0, 0.1) is 6.92 Å². The van der Waals surface area contributed by atoms with Gasteiger partial charge >= 0.3 is 6.03 Å². The van der Waals surface area contributed by atoms with Crippen molar-refractivity contribution >= 4 is 27.4 Å². The summed E-state index contributed by atoms with van der Waals surface area (Å²) in [5.41, 5.74) is 0.773. The molecule has 8 nitrogen and oxygen atoms in total. The number of hydrogen-bond acceptors (Lipinski definition) is 6. The van der Waals surface area contributed by atoms with Gasteiger partial charge in [-0.05, 0) is 25.0 Å². The van der Waals surface area contributed by atoms with E-state index in [1.165, 1.54) is 11.3 Å². The average Bonchev–Trinajstić information content (AvgIpc) is 3.42. The Morgan fingerprint density at radius 3 is 2.70 bits per heavy atom. The van der Waals surface area contributed by atoms with Gasteiger partial charge in [-0.2, -0.15) is 4.31 Å². The quantitative estimate of drug-likeness (QED) is 0.702. The summed E-state index contributed by atoms with van der Waals surface area (Å²) in [5, 5.41) is 2.82. The number of sulfonamides is 1. The zero-order chi connectivity index (χ0) is 20.9. The number of aryl methyl sites for hydroxylation is 1. The summed E-state index contributed by atoms with van der Waals surface area (Å²) in [7, 11) is -3.67. The molecule has 160 valence electrons. The Morgan fingerprint density at radius 1 is 1.20 bits per heavy atom. The lowest BCUT2D eigenvalue weighted by Crippen LogP contribution is -2.50. The number of morpholine rings is 1. The lowest BCUT2D eigenvalue weighted by molar-refractivity contribution is 0.0439. The number of thiazole rings is 1. The minimum Gasteiger partial charge on any atom is -0.378 e. The minimum absolute atomic E-state index is 0.0404. The summed E-state index contributed by atoms with van der Waals surface area (Å²) < 4.78 is 33.9. The van der Waals surface area contributed by atoms with E-state index in [-0.39, 0.29) is 12.6 Å². The number of rotatable bonds is 2. The van der Waals surface area contributed by atoms with Crippen molar-refractivity contribution in [3.8, 4) is 0 Å². The highest BCUT2D eigenvalue weighted by atomic mass is 32.2. The van der Waals surface area contributed by atoms with Crippen molar-refractivity contribution in [1.82, 2.24) is 19.1 Å². The molecule has 10 heteroatoms. The maximum atomic E-state index is 13.5. The first-order valence-electron chi connectivity index (χ1n) is 10.1. The Morgan fingerprint density at radius 2 is 1.97 bits per heavy atom. The molecule has 2 saturated heterocycles. The number of amides is 2. The summed E-state index contributed by atoms with van der Waals surface area (Å²) in [4.78, 5) is 21.5. The van der Waals surface area contributed by atoms with Crippen LogP contribution in [0.1, 0.15) is 22.7 Å². The summed E-state index contributed by atoms with van der Waals surface area (Å²) in [6.07, 6.45) is 0.572. The number of carbonyl (C=O) groups excluding carboxylic acids is 1. The largest absolute Gasteiger partial charge is 0.378 e. The van der Waals surface area contributed by atoms with Crippen molar-refractivity contribution in [2.45, 2.75) is 30.3 Å². The Labute approximate surface area is 180 Å². The molecule has 1 aromatic heterocycles. The van der Waals surface area contributed by atoms with Crippen molar-refractivity contribution < 1.29 is 17.9 Å². The van der Waals surface area contributed by atoms with Crippen molar-refractivity contribution in [1.29, 1.82) is 0 Å². The number of carbonyl (C=O) groups is 1. The van der Waals surface area contributed by atoms with Crippen molar-refractivity contribution in [3.05, 3.63) is 45.9 Å². The van der Waals surface area contributed by atoms with E-state index in [1.54, 1.807) is 26.2 Å². The summed E-state index contributed by atoms with van der Waals surface area (Å²) >= 11 is 1.51. The van der Waals surface area contributed by atoms with Crippen LogP contribution < -0.4 is 0 Å². The molecular formula is C20H24N4O4S2. The van der Waals surface area contributed by atoms with Gasteiger partial charge in [0, 0.05) is 31.6 Å². The van der Waals surface area contributed by atoms with E-state index < -0.39 is 15.6 Å². The van der Waals surface area contributed by atoms with E-state index in [9.17, 15) is 13.2 Å². The number of likely N-dealkylation sites (tertiary alicyclic amines) is 1. The molecule has 0 radical (unpaired) electrons. The summed E-state index contributed by atoms with van der Waals surface area (Å²) in [5.74, 6) is 0.